The van der Waals surface area contributed by atoms with E-state index in [-0.39, 0.29) is 22.6 Å². The van der Waals surface area contributed by atoms with Crippen molar-refractivity contribution in [2.75, 3.05) is 0 Å². The fourth-order valence-corrected chi connectivity index (χ4v) is 2.16. The normalized spacial score (nSPS) is 12.0. The molecule has 0 radical (unpaired) electrons. The fourth-order valence-electron chi connectivity index (χ4n) is 2.16. The van der Waals surface area contributed by atoms with E-state index in [1.807, 2.05) is 0 Å². The summed E-state index contributed by atoms with van der Waals surface area (Å²) in [5.74, 6) is 0.152. The smallest absolute Gasteiger partial charge is 0.332 e. The van der Waals surface area contributed by atoms with E-state index in [1.165, 1.54) is 24.7 Å². The summed E-state index contributed by atoms with van der Waals surface area (Å²) in [6, 6.07) is 2.01. The Balaban J connectivity index is 2.19. The third kappa shape index (κ3) is 2.31. The predicted octanol–water partition coefficient (Wildman–Crippen LogP) is 1.04. The molecule has 23 heavy (non-hydrogen) atoms. The molecule has 0 amide bonds. The minimum Gasteiger partial charge on any atom is -0.332 e. The molecule has 0 saturated heterocycles. The Labute approximate surface area is 126 Å². The van der Waals surface area contributed by atoms with Gasteiger partial charge in [0.05, 0.1) is 0 Å². The Hall–Kier alpha value is -2.91. The maximum absolute atomic E-state index is 12.5. The first-order valence-electron chi connectivity index (χ1n) is 6.39. The molecule has 10 heteroatoms. The van der Waals surface area contributed by atoms with Crippen molar-refractivity contribution in [3.63, 3.8) is 0 Å². The minimum absolute atomic E-state index is 0.0875. The first-order valence-corrected chi connectivity index (χ1v) is 6.39. The Morgan fingerprint density at radius 2 is 1.83 bits per heavy atom. The van der Waals surface area contributed by atoms with Crippen molar-refractivity contribution in [1.82, 2.24) is 24.1 Å². The van der Waals surface area contributed by atoms with Crippen molar-refractivity contribution < 1.29 is 13.2 Å². The molecule has 0 atom stereocenters. The van der Waals surface area contributed by atoms with Crippen LogP contribution in [0.1, 0.15) is 5.69 Å². The fraction of sp³-hybridized carbons (Fsp3) is 0.231. The van der Waals surface area contributed by atoms with Gasteiger partial charge in [0.2, 0.25) is 0 Å². The summed E-state index contributed by atoms with van der Waals surface area (Å²) in [7, 11) is 2.77. The van der Waals surface area contributed by atoms with Crippen molar-refractivity contribution in [1.29, 1.82) is 0 Å². The van der Waals surface area contributed by atoms with E-state index in [2.05, 4.69) is 15.0 Å². The molecule has 0 spiro atoms. The summed E-state index contributed by atoms with van der Waals surface area (Å²) in [4.78, 5) is 34.1. The van der Waals surface area contributed by atoms with Crippen LogP contribution in [0.4, 0.5) is 13.2 Å². The van der Waals surface area contributed by atoms with E-state index >= 15 is 0 Å². The highest BCUT2D eigenvalue weighted by Crippen LogP contribution is 2.28. The summed E-state index contributed by atoms with van der Waals surface area (Å²) in [6.07, 6.45) is -3.53. The first kappa shape index (κ1) is 15.0. The molecule has 0 fully saturated rings. The molecule has 7 nitrogen and oxygen atoms in total. The van der Waals surface area contributed by atoms with Crippen LogP contribution in [0.5, 0.6) is 0 Å². The molecule has 3 aromatic heterocycles. The van der Waals surface area contributed by atoms with E-state index in [1.54, 1.807) is 0 Å². The molecule has 1 N–H and O–H groups in total. The minimum atomic E-state index is -4.54. The number of aromatic nitrogens is 5. The lowest BCUT2D eigenvalue weighted by molar-refractivity contribution is -0.141. The quantitative estimate of drug-likeness (QED) is 0.724. The second kappa shape index (κ2) is 4.80. The van der Waals surface area contributed by atoms with Gasteiger partial charge in [-0.25, -0.2) is 9.78 Å². The van der Waals surface area contributed by atoms with Gasteiger partial charge >= 0.3 is 11.9 Å². The summed E-state index contributed by atoms with van der Waals surface area (Å²) in [6.45, 7) is 0. The molecule has 120 valence electrons. The number of hydrogen-bond acceptors (Lipinski definition) is 4. The Bertz CT molecular complexity index is 1010. The van der Waals surface area contributed by atoms with Crippen molar-refractivity contribution in [2.24, 2.45) is 14.1 Å². The molecule has 3 heterocycles. The molecule has 3 aromatic rings. The highest BCUT2D eigenvalue weighted by molar-refractivity contribution is 5.75. The zero-order valence-corrected chi connectivity index (χ0v) is 12.0. The number of nitrogens with zero attached hydrogens (tertiary/aromatic N) is 4. The monoisotopic (exact) mass is 325 g/mol. The number of rotatable bonds is 1. The SMILES string of the molecule is Cn1c(=O)c2[nH]c(-c3ccc(C(F)(F)F)nc3)nc2n(C)c1=O. The number of aryl methyl sites for hydroxylation is 1. The Morgan fingerprint density at radius 3 is 2.39 bits per heavy atom. The molecule has 0 bridgehead atoms. The number of aromatic amines is 1. The molecule has 0 aromatic carbocycles. The molecule has 3 rings (SSSR count). The maximum atomic E-state index is 12.5. The predicted molar refractivity (Wildman–Crippen MR) is 74.8 cm³/mol. The van der Waals surface area contributed by atoms with Gasteiger partial charge in [-0.1, -0.05) is 0 Å². The van der Waals surface area contributed by atoms with Gasteiger partial charge in [0.25, 0.3) is 5.56 Å². The summed E-state index contributed by atoms with van der Waals surface area (Å²) in [5.41, 5.74) is -1.67. The summed E-state index contributed by atoms with van der Waals surface area (Å²) in [5, 5.41) is 0. The number of nitrogens with one attached hydrogen (secondary N) is 1. The third-order valence-electron chi connectivity index (χ3n) is 3.42. The van der Waals surface area contributed by atoms with Crippen LogP contribution in [0.2, 0.25) is 0 Å². The first-order chi connectivity index (χ1) is 10.7. The largest absolute Gasteiger partial charge is 0.433 e. The molecule has 0 unspecified atom stereocenters. The van der Waals surface area contributed by atoms with Gasteiger partial charge < -0.3 is 4.98 Å². The summed E-state index contributed by atoms with van der Waals surface area (Å²) >= 11 is 0. The number of pyridine rings is 1. The van der Waals surface area contributed by atoms with Crippen LogP contribution in [0.25, 0.3) is 22.6 Å². The van der Waals surface area contributed by atoms with Crippen LogP contribution in [0, 0.1) is 0 Å². The van der Waals surface area contributed by atoms with Gasteiger partial charge in [0.1, 0.15) is 17.0 Å². The van der Waals surface area contributed by atoms with Crippen molar-refractivity contribution in [3.05, 3.63) is 44.9 Å². The van der Waals surface area contributed by atoms with Crippen molar-refractivity contribution in [3.8, 4) is 11.4 Å². The van der Waals surface area contributed by atoms with Gasteiger partial charge in [-0.15, -0.1) is 0 Å². The second-order valence-corrected chi connectivity index (χ2v) is 4.92. The van der Waals surface area contributed by atoms with Crippen LogP contribution in [0.15, 0.2) is 27.9 Å². The van der Waals surface area contributed by atoms with Gasteiger partial charge in [0, 0.05) is 25.9 Å². The average molecular weight is 325 g/mol. The number of imidazole rings is 1. The van der Waals surface area contributed by atoms with Crippen LogP contribution >= 0.6 is 0 Å². The van der Waals surface area contributed by atoms with Gasteiger partial charge in [0.15, 0.2) is 5.65 Å². The lowest BCUT2D eigenvalue weighted by atomic mass is 10.2. The van der Waals surface area contributed by atoms with E-state index in [0.717, 1.165) is 16.8 Å². The topological polar surface area (TPSA) is 85.6 Å². The van der Waals surface area contributed by atoms with Gasteiger partial charge in [-0.05, 0) is 12.1 Å². The van der Waals surface area contributed by atoms with E-state index in [9.17, 15) is 22.8 Å². The molecule has 0 aliphatic heterocycles. The molecular formula is C13H10F3N5O2. The van der Waals surface area contributed by atoms with E-state index in [4.69, 9.17) is 0 Å². The number of alkyl halides is 3. The third-order valence-corrected chi connectivity index (χ3v) is 3.42. The molecular weight excluding hydrogens is 315 g/mol. The lowest BCUT2D eigenvalue weighted by Gasteiger charge is -2.05. The zero-order chi connectivity index (χ0) is 16.9. The second-order valence-electron chi connectivity index (χ2n) is 4.92. The number of fused-ring (bicyclic) bond motifs is 1. The van der Waals surface area contributed by atoms with E-state index < -0.39 is 23.1 Å². The molecule has 0 aliphatic rings. The van der Waals surface area contributed by atoms with Gasteiger partial charge in [-0.2, -0.15) is 13.2 Å². The molecule has 0 saturated carbocycles. The average Bonchev–Trinajstić information content (AvgIpc) is 2.95. The van der Waals surface area contributed by atoms with Crippen LogP contribution in [-0.4, -0.2) is 24.1 Å². The number of hydrogen-bond donors (Lipinski definition) is 1. The number of halogens is 3. The standard InChI is InChI=1S/C13H10F3N5O2/c1-20-10-8(11(22)21(2)12(20)23)18-9(19-10)6-3-4-7(17-5-6)13(14,15)16/h3-5H,1-2H3,(H,18,19). The highest BCUT2D eigenvalue weighted by Gasteiger charge is 2.32. The molecule has 0 aliphatic carbocycles. The number of H-pyrrole nitrogens is 1. The highest BCUT2D eigenvalue weighted by atomic mass is 19.4. The van der Waals surface area contributed by atoms with Crippen LogP contribution < -0.4 is 11.2 Å². The van der Waals surface area contributed by atoms with Gasteiger partial charge in [-0.3, -0.25) is 18.9 Å². The van der Waals surface area contributed by atoms with E-state index in [0.29, 0.717) is 0 Å². The zero-order valence-electron chi connectivity index (χ0n) is 12.0. The Kier molecular flexibility index (Phi) is 3.13. The van der Waals surface area contributed by atoms with Crippen molar-refractivity contribution in [2.45, 2.75) is 6.18 Å². The van der Waals surface area contributed by atoms with Crippen LogP contribution in [0.3, 0.4) is 0 Å². The summed E-state index contributed by atoms with van der Waals surface area (Å²) < 4.78 is 39.6. The lowest BCUT2D eigenvalue weighted by Crippen LogP contribution is -2.36. The maximum Gasteiger partial charge on any atom is 0.433 e. The Morgan fingerprint density at radius 1 is 1.13 bits per heavy atom. The van der Waals surface area contributed by atoms with Crippen molar-refractivity contribution >= 4 is 11.2 Å². The van der Waals surface area contributed by atoms with Crippen LogP contribution in [-0.2, 0) is 20.3 Å².